The lowest BCUT2D eigenvalue weighted by atomic mass is 10.1. The van der Waals surface area contributed by atoms with Gasteiger partial charge in [0.1, 0.15) is 0 Å². The fourth-order valence-electron chi connectivity index (χ4n) is 1.23. The summed E-state index contributed by atoms with van der Waals surface area (Å²) < 4.78 is 0. The quantitative estimate of drug-likeness (QED) is 0.325. The Morgan fingerprint density at radius 3 is 2.93 bits per heavy atom. The van der Waals surface area contributed by atoms with Crippen LogP contribution in [0.15, 0.2) is 23.3 Å². The van der Waals surface area contributed by atoms with Crippen LogP contribution in [-0.4, -0.2) is 5.78 Å². The Kier molecular flexibility index (Phi) is 4.16. The van der Waals surface area contributed by atoms with Crippen LogP contribution < -0.4 is 0 Å². The minimum absolute atomic E-state index is 0.0533. The molecule has 0 saturated carbocycles. The maximum Gasteiger partial charge on any atom is 0.163 e. The molecule has 0 unspecified atom stereocenters. The van der Waals surface area contributed by atoms with Crippen molar-refractivity contribution in [3.8, 4) is 0 Å². The van der Waals surface area contributed by atoms with Gasteiger partial charge in [-0.25, -0.2) is 0 Å². The van der Waals surface area contributed by atoms with Gasteiger partial charge in [-0.05, 0) is 24.1 Å². The minimum atomic E-state index is -0.0533. The van der Waals surface area contributed by atoms with Crippen LogP contribution in [-0.2, 0) is 0 Å². The standard InChI is InChI=1S/C10H10ClN3O/c1-2-3-10(15)8-6-7(11)4-5-9(8)13-14-12/h4-6H,2-3H2,1H3. The van der Waals surface area contributed by atoms with Crippen molar-refractivity contribution in [3.05, 3.63) is 39.2 Å². The number of benzene rings is 1. The predicted octanol–water partition coefficient (Wildman–Crippen LogP) is 4.26. The van der Waals surface area contributed by atoms with E-state index in [2.05, 4.69) is 10.0 Å². The zero-order valence-electron chi connectivity index (χ0n) is 8.27. The Hall–Kier alpha value is -1.51. The summed E-state index contributed by atoms with van der Waals surface area (Å²) in [6, 6.07) is 4.67. The topological polar surface area (TPSA) is 65.8 Å². The van der Waals surface area contributed by atoms with Gasteiger partial charge in [-0.15, -0.1) is 0 Å². The summed E-state index contributed by atoms with van der Waals surface area (Å²) in [4.78, 5) is 14.3. The molecular weight excluding hydrogens is 214 g/mol. The van der Waals surface area contributed by atoms with Gasteiger partial charge in [0.15, 0.2) is 5.78 Å². The van der Waals surface area contributed by atoms with Gasteiger partial charge in [-0.1, -0.05) is 29.7 Å². The number of Topliss-reactive ketones (excluding diaryl/α,β-unsaturated/α-hetero) is 1. The second-order valence-electron chi connectivity index (χ2n) is 3.02. The van der Waals surface area contributed by atoms with Gasteiger partial charge in [-0.3, -0.25) is 4.79 Å². The van der Waals surface area contributed by atoms with Crippen LogP contribution in [0.5, 0.6) is 0 Å². The summed E-state index contributed by atoms with van der Waals surface area (Å²) in [6.45, 7) is 1.91. The van der Waals surface area contributed by atoms with E-state index in [1.165, 1.54) is 6.07 Å². The molecule has 1 aromatic rings. The zero-order chi connectivity index (χ0) is 11.3. The maximum atomic E-state index is 11.7. The van der Waals surface area contributed by atoms with Crippen LogP contribution in [0.4, 0.5) is 5.69 Å². The van der Waals surface area contributed by atoms with Crippen molar-refractivity contribution in [2.75, 3.05) is 0 Å². The number of ketones is 1. The molecule has 0 heterocycles. The van der Waals surface area contributed by atoms with E-state index in [1.807, 2.05) is 6.92 Å². The molecule has 0 saturated heterocycles. The number of halogens is 1. The highest BCUT2D eigenvalue weighted by Crippen LogP contribution is 2.25. The molecule has 5 heteroatoms. The van der Waals surface area contributed by atoms with Crippen molar-refractivity contribution < 1.29 is 4.79 Å². The average molecular weight is 224 g/mol. The van der Waals surface area contributed by atoms with Crippen LogP contribution in [0.1, 0.15) is 30.1 Å². The molecule has 0 spiro atoms. The maximum absolute atomic E-state index is 11.7. The first-order chi connectivity index (χ1) is 7.19. The van der Waals surface area contributed by atoms with Gasteiger partial charge in [0.2, 0.25) is 0 Å². The summed E-state index contributed by atoms with van der Waals surface area (Å²) in [5.74, 6) is -0.0533. The number of rotatable bonds is 4. The third-order valence-electron chi connectivity index (χ3n) is 1.89. The first kappa shape index (κ1) is 11.6. The molecule has 4 nitrogen and oxygen atoms in total. The van der Waals surface area contributed by atoms with E-state index in [0.717, 1.165) is 6.42 Å². The Bertz CT molecular complexity index is 425. The first-order valence-electron chi connectivity index (χ1n) is 4.57. The Balaban J connectivity index is 3.17. The fourth-order valence-corrected chi connectivity index (χ4v) is 1.40. The zero-order valence-corrected chi connectivity index (χ0v) is 9.03. The third-order valence-corrected chi connectivity index (χ3v) is 2.12. The van der Waals surface area contributed by atoms with Gasteiger partial charge in [0.25, 0.3) is 0 Å². The highest BCUT2D eigenvalue weighted by molar-refractivity contribution is 6.31. The number of carbonyl (C=O) groups is 1. The Morgan fingerprint density at radius 2 is 2.33 bits per heavy atom. The van der Waals surface area contributed by atoms with Crippen molar-refractivity contribution in [2.24, 2.45) is 5.11 Å². The first-order valence-corrected chi connectivity index (χ1v) is 4.94. The number of hydrogen-bond acceptors (Lipinski definition) is 2. The van der Waals surface area contributed by atoms with Crippen LogP contribution in [0.2, 0.25) is 5.02 Å². The third kappa shape index (κ3) is 2.98. The van der Waals surface area contributed by atoms with Crippen molar-refractivity contribution in [3.63, 3.8) is 0 Å². The molecule has 0 aliphatic carbocycles. The summed E-state index contributed by atoms with van der Waals surface area (Å²) in [5.41, 5.74) is 9.06. The summed E-state index contributed by atoms with van der Waals surface area (Å²) in [5, 5.41) is 3.92. The van der Waals surface area contributed by atoms with Crippen LogP contribution >= 0.6 is 11.6 Å². The van der Waals surface area contributed by atoms with E-state index in [4.69, 9.17) is 17.1 Å². The van der Waals surface area contributed by atoms with Gasteiger partial charge < -0.3 is 0 Å². The molecule has 0 atom stereocenters. The smallest absolute Gasteiger partial charge is 0.163 e. The highest BCUT2D eigenvalue weighted by Gasteiger charge is 2.09. The van der Waals surface area contributed by atoms with Gasteiger partial charge in [0, 0.05) is 27.6 Å². The van der Waals surface area contributed by atoms with Crippen LogP contribution in [0, 0.1) is 0 Å². The number of nitrogens with zero attached hydrogens (tertiary/aromatic N) is 3. The van der Waals surface area contributed by atoms with E-state index >= 15 is 0 Å². The predicted molar refractivity (Wildman–Crippen MR) is 59.5 cm³/mol. The lowest BCUT2D eigenvalue weighted by molar-refractivity contribution is 0.0982. The SMILES string of the molecule is CCCC(=O)c1cc(Cl)ccc1N=[N+]=[N-]. The number of carbonyl (C=O) groups excluding carboxylic acids is 1. The van der Waals surface area contributed by atoms with Crippen molar-refractivity contribution in [1.82, 2.24) is 0 Å². The van der Waals surface area contributed by atoms with Gasteiger partial charge in [0.05, 0.1) is 0 Å². The molecule has 0 radical (unpaired) electrons. The molecule has 1 rings (SSSR count). The summed E-state index contributed by atoms with van der Waals surface area (Å²) in [6.07, 6.45) is 1.18. The molecule has 0 amide bonds. The Labute approximate surface area is 92.5 Å². The van der Waals surface area contributed by atoms with Crippen molar-refractivity contribution in [1.29, 1.82) is 0 Å². The monoisotopic (exact) mass is 223 g/mol. The number of hydrogen-bond donors (Lipinski definition) is 0. The fraction of sp³-hybridized carbons (Fsp3) is 0.300. The molecule has 0 bridgehead atoms. The highest BCUT2D eigenvalue weighted by atomic mass is 35.5. The molecule has 0 aliphatic rings. The molecule has 0 aromatic heterocycles. The largest absolute Gasteiger partial charge is 0.294 e. The Morgan fingerprint density at radius 1 is 1.60 bits per heavy atom. The average Bonchev–Trinajstić information content (AvgIpc) is 2.21. The lowest BCUT2D eigenvalue weighted by Crippen LogP contribution is -1.98. The van der Waals surface area contributed by atoms with Gasteiger partial charge >= 0.3 is 0 Å². The van der Waals surface area contributed by atoms with Crippen LogP contribution in [0.3, 0.4) is 0 Å². The second-order valence-corrected chi connectivity index (χ2v) is 3.46. The van der Waals surface area contributed by atoms with E-state index in [-0.39, 0.29) is 5.78 Å². The van der Waals surface area contributed by atoms with Crippen molar-refractivity contribution in [2.45, 2.75) is 19.8 Å². The molecule has 0 aliphatic heterocycles. The van der Waals surface area contributed by atoms with E-state index in [9.17, 15) is 4.79 Å². The number of azide groups is 1. The van der Waals surface area contributed by atoms with E-state index in [0.29, 0.717) is 22.7 Å². The molecular formula is C10H10ClN3O. The van der Waals surface area contributed by atoms with Crippen molar-refractivity contribution >= 4 is 23.1 Å². The lowest BCUT2D eigenvalue weighted by Gasteiger charge is -2.03. The summed E-state index contributed by atoms with van der Waals surface area (Å²) >= 11 is 5.77. The second kappa shape index (κ2) is 5.39. The molecule has 78 valence electrons. The molecule has 0 fully saturated rings. The van der Waals surface area contributed by atoms with E-state index < -0.39 is 0 Å². The van der Waals surface area contributed by atoms with E-state index in [1.54, 1.807) is 12.1 Å². The van der Waals surface area contributed by atoms with Gasteiger partial charge in [-0.2, -0.15) is 0 Å². The molecule has 1 aromatic carbocycles. The minimum Gasteiger partial charge on any atom is -0.294 e. The molecule has 0 N–H and O–H groups in total. The molecule has 15 heavy (non-hydrogen) atoms. The summed E-state index contributed by atoms with van der Waals surface area (Å²) in [7, 11) is 0. The van der Waals surface area contributed by atoms with Crippen LogP contribution in [0.25, 0.3) is 10.4 Å². The normalized spacial score (nSPS) is 9.47.